The summed E-state index contributed by atoms with van der Waals surface area (Å²) in [5.41, 5.74) is 3.99. The van der Waals surface area contributed by atoms with Crippen LogP contribution in [0.4, 0.5) is 0 Å². The Bertz CT molecular complexity index is 537. The molecule has 0 unspecified atom stereocenters. The van der Waals surface area contributed by atoms with Crippen molar-refractivity contribution in [1.82, 2.24) is 0 Å². The van der Waals surface area contributed by atoms with Crippen molar-refractivity contribution >= 4 is 0 Å². The highest BCUT2D eigenvalue weighted by molar-refractivity contribution is 5.39. The van der Waals surface area contributed by atoms with Gasteiger partial charge in [0, 0.05) is 0 Å². The largest absolute Gasteiger partial charge is 0.508 e. The first-order chi connectivity index (χ1) is 11.5. The van der Waals surface area contributed by atoms with Gasteiger partial charge in [0.25, 0.3) is 0 Å². The van der Waals surface area contributed by atoms with Crippen molar-refractivity contribution in [3.05, 3.63) is 29.3 Å². The minimum atomic E-state index is 0.524. The first-order valence-corrected chi connectivity index (χ1v) is 10.3. The van der Waals surface area contributed by atoms with E-state index < -0.39 is 0 Å². The van der Waals surface area contributed by atoms with Crippen molar-refractivity contribution in [2.75, 3.05) is 0 Å². The van der Waals surface area contributed by atoms with E-state index in [9.17, 15) is 5.11 Å². The molecule has 2 saturated carbocycles. The smallest absolute Gasteiger partial charge is 0.119 e. The lowest BCUT2D eigenvalue weighted by Crippen LogP contribution is -1.98. The Balaban J connectivity index is 1.40. The van der Waals surface area contributed by atoms with Crippen LogP contribution in [0.1, 0.15) is 95.6 Å². The topological polar surface area (TPSA) is 20.2 Å². The van der Waals surface area contributed by atoms with Crippen LogP contribution >= 0.6 is 0 Å². The lowest BCUT2D eigenvalue weighted by atomic mass is 9.93. The number of unbranched alkanes of at least 4 members (excludes halogenated alkanes) is 3. The highest BCUT2D eigenvalue weighted by atomic mass is 16.3. The maximum Gasteiger partial charge on any atom is 0.119 e. The molecular weight excluding hydrogens is 292 g/mol. The second-order valence-electron chi connectivity index (χ2n) is 9.30. The van der Waals surface area contributed by atoms with E-state index in [2.05, 4.69) is 19.9 Å². The summed E-state index contributed by atoms with van der Waals surface area (Å²) in [4.78, 5) is 0. The number of benzene rings is 1. The molecule has 1 aromatic rings. The summed E-state index contributed by atoms with van der Waals surface area (Å²) >= 11 is 0. The Morgan fingerprint density at radius 1 is 0.792 bits per heavy atom. The summed E-state index contributed by atoms with van der Waals surface area (Å²) in [6.45, 7) is 4.85. The first kappa shape index (κ1) is 17.8. The zero-order valence-electron chi connectivity index (χ0n) is 15.9. The molecule has 3 rings (SSSR count). The molecule has 1 heteroatoms. The van der Waals surface area contributed by atoms with Crippen molar-refractivity contribution in [1.29, 1.82) is 0 Å². The molecule has 0 radical (unpaired) electrons. The summed E-state index contributed by atoms with van der Waals surface area (Å²) in [6.07, 6.45) is 17.2. The van der Waals surface area contributed by atoms with Gasteiger partial charge in [-0.1, -0.05) is 45.2 Å². The molecule has 2 fully saturated rings. The fourth-order valence-corrected chi connectivity index (χ4v) is 3.97. The quantitative estimate of drug-likeness (QED) is 0.442. The van der Waals surface area contributed by atoms with Gasteiger partial charge < -0.3 is 5.11 Å². The third kappa shape index (κ3) is 5.26. The maximum atomic E-state index is 10.3. The number of phenolic OH excluding ortho intramolecular Hbond substituents is 1. The number of phenols is 1. The van der Waals surface area contributed by atoms with Gasteiger partial charge in [-0.05, 0) is 92.2 Å². The lowest BCUT2D eigenvalue weighted by Gasteiger charge is -2.13. The molecule has 24 heavy (non-hydrogen) atoms. The minimum absolute atomic E-state index is 0.524. The van der Waals surface area contributed by atoms with Gasteiger partial charge >= 0.3 is 0 Å². The van der Waals surface area contributed by atoms with Gasteiger partial charge in [-0.25, -0.2) is 0 Å². The predicted octanol–water partition coefficient (Wildman–Crippen LogP) is 6.81. The molecule has 0 amide bonds. The van der Waals surface area contributed by atoms with Crippen molar-refractivity contribution in [2.24, 2.45) is 10.8 Å². The van der Waals surface area contributed by atoms with Gasteiger partial charge in [0.2, 0.25) is 0 Å². The van der Waals surface area contributed by atoms with Gasteiger partial charge in [0.15, 0.2) is 0 Å². The van der Waals surface area contributed by atoms with E-state index in [1.165, 1.54) is 81.8 Å². The summed E-state index contributed by atoms with van der Waals surface area (Å²) in [7, 11) is 0. The van der Waals surface area contributed by atoms with E-state index >= 15 is 0 Å². The summed E-state index contributed by atoms with van der Waals surface area (Å²) in [6, 6.07) is 6.12. The third-order valence-electron chi connectivity index (χ3n) is 6.64. The zero-order chi connectivity index (χ0) is 17.0. The molecule has 0 aromatic heterocycles. The van der Waals surface area contributed by atoms with Gasteiger partial charge in [0.05, 0.1) is 0 Å². The number of aromatic hydroxyl groups is 1. The molecule has 0 atom stereocenters. The van der Waals surface area contributed by atoms with E-state index in [1.54, 1.807) is 0 Å². The van der Waals surface area contributed by atoms with Crippen LogP contribution in [0.25, 0.3) is 0 Å². The van der Waals surface area contributed by atoms with Crippen LogP contribution in [0.3, 0.4) is 0 Å². The van der Waals surface area contributed by atoms with E-state index in [4.69, 9.17) is 0 Å². The predicted molar refractivity (Wildman–Crippen MR) is 103 cm³/mol. The number of rotatable bonds is 11. The monoisotopic (exact) mass is 328 g/mol. The highest BCUT2D eigenvalue weighted by Gasteiger charge is 2.36. The second-order valence-corrected chi connectivity index (χ2v) is 9.30. The first-order valence-electron chi connectivity index (χ1n) is 10.3. The van der Waals surface area contributed by atoms with Gasteiger partial charge in [-0.2, -0.15) is 0 Å². The van der Waals surface area contributed by atoms with Crippen LogP contribution in [-0.4, -0.2) is 5.11 Å². The van der Waals surface area contributed by atoms with E-state index in [1.807, 2.05) is 12.1 Å². The van der Waals surface area contributed by atoms with Crippen molar-refractivity contribution < 1.29 is 5.11 Å². The Hall–Kier alpha value is -0.980. The third-order valence-corrected chi connectivity index (χ3v) is 6.64. The van der Waals surface area contributed by atoms with Crippen LogP contribution < -0.4 is 0 Å². The molecular formula is C23H36O. The molecule has 0 heterocycles. The molecule has 2 aliphatic carbocycles. The molecule has 0 saturated heterocycles. The molecule has 1 N–H and O–H groups in total. The van der Waals surface area contributed by atoms with E-state index in [0.29, 0.717) is 16.6 Å². The number of hydrogen-bond acceptors (Lipinski definition) is 1. The van der Waals surface area contributed by atoms with Crippen molar-refractivity contribution in [3.8, 4) is 5.75 Å². The molecule has 134 valence electrons. The van der Waals surface area contributed by atoms with Crippen LogP contribution in [0.5, 0.6) is 5.75 Å². The van der Waals surface area contributed by atoms with Crippen LogP contribution in [0.15, 0.2) is 18.2 Å². The highest BCUT2D eigenvalue weighted by Crippen LogP contribution is 2.49. The molecule has 0 spiro atoms. The Morgan fingerprint density at radius 2 is 1.38 bits per heavy atom. The van der Waals surface area contributed by atoms with Crippen molar-refractivity contribution in [3.63, 3.8) is 0 Å². The Labute approximate surface area is 148 Å². The average Bonchev–Trinajstić information content (AvgIpc) is 3.46. The fourth-order valence-electron chi connectivity index (χ4n) is 3.97. The second kappa shape index (κ2) is 7.50. The lowest BCUT2D eigenvalue weighted by molar-refractivity contribution is 0.456. The van der Waals surface area contributed by atoms with E-state index in [0.717, 1.165) is 12.8 Å². The Kier molecular flexibility index (Phi) is 5.57. The van der Waals surface area contributed by atoms with Crippen LogP contribution in [0, 0.1) is 10.8 Å². The SMILES string of the molecule is CC1(CCCCCc2cccc(O)c2CCCCC2(C)CC2)CC1. The molecule has 1 nitrogen and oxygen atoms in total. The maximum absolute atomic E-state index is 10.3. The average molecular weight is 329 g/mol. The normalized spacial score (nSPS) is 20.1. The summed E-state index contributed by atoms with van der Waals surface area (Å²) in [5, 5.41) is 10.3. The zero-order valence-corrected chi connectivity index (χ0v) is 15.9. The fraction of sp³-hybridized carbons (Fsp3) is 0.739. The molecule has 1 aromatic carbocycles. The van der Waals surface area contributed by atoms with Gasteiger partial charge in [0.1, 0.15) is 5.75 Å². The van der Waals surface area contributed by atoms with Gasteiger partial charge in [-0.3, -0.25) is 0 Å². The standard InChI is InChI=1S/C23H36O/c1-22(15-16-22)13-6-3-4-9-19-10-8-12-21(24)20(19)11-5-7-14-23(2)17-18-23/h8,10,12,24H,3-7,9,11,13-18H2,1-2H3. The summed E-state index contributed by atoms with van der Waals surface area (Å²) in [5.74, 6) is 0.524. The van der Waals surface area contributed by atoms with Crippen LogP contribution in [-0.2, 0) is 12.8 Å². The van der Waals surface area contributed by atoms with E-state index in [-0.39, 0.29) is 0 Å². The molecule has 0 bridgehead atoms. The molecule has 2 aliphatic rings. The Morgan fingerprint density at radius 3 is 2.00 bits per heavy atom. The summed E-state index contributed by atoms with van der Waals surface area (Å²) < 4.78 is 0. The number of aryl methyl sites for hydroxylation is 1. The minimum Gasteiger partial charge on any atom is -0.508 e. The van der Waals surface area contributed by atoms with Crippen LogP contribution in [0.2, 0.25) is 0 Å². The molecule has 0 aliphatic heterocycles. The number of hydrogen-bond donors (Lipinski definition) is 1. The van der Waals surface area contributed by atoms with Crippen molar-refractivity contribution in [2.45, 2.75) is 97.3 Å². The van der Waals surface area contributed by atoms with Gasteiger partial charge in [-0.15, -0.1) is 0 Å².